The van der Waals surface area contributed by atoms with Crippen LogP contribution >= 0.6 is 0 Å². The molecule has 2 atom stereocenters. The van der Waals surface area contributed by atoms with Gasteiger partial charge in [-0.25, -0.2) is 0 Å². The summed E-state index contributed by atoms with van der Waals surface area (Å²) in [6, 6.07) is 0. The van der Waals surface area contributed by atoms with E-state index >= 15 is 0 Å². The van der Waals surface area contributed by atoms with Crippen molar-refractivity contribution in [3.8, 4) is 0 Å². The second kappa shape index (κ2) is 8.99. The third kappa shape index (κ3) is 5.76. The second-order valence-corrected chi connectivity index (χ2v) is 7.01. The van der Waals surface area contributed by atoms with Gasteiger partial charge in [0.2, 0.25) is 0 Å². The van der Waals surface area contributed by atoms with E-state index in [4.69, 9.17) is 0 Å². The van der Waals surface area contributed by atoms with Gasteiger partial charge >= 0.3 is 0 Å². The molecule has 0 spiro atoms. The fourth-order valence-electron chi connectivity index (χ4n) is 3.73. The lowest BCUT2D eigenvalue weighted by molar-refractivity contribution is 0.189. The first kappa shape index (κ1) is 16.1. The van der Waals surface area contributed by atoms with Crippen LogP contribution in [0, 0.1) is 23.7 Å². The van der Waals surface area contributed by atoms with Crippen molar-refractivity contribution in [2.24, 2.45) is 23.7 Å². The maximum Gasteiger partial charge on any atom is -0.0386 e. The smallest absolute Gasteiger partial charge is 0.0386 e. The van der Waals surface area contributed by atoms with Crippen LogP contribution in [-0.4, -0.2) is 0 Å². The Kier molecular flexibility index (Phi) is 8.02. The van der Waals surface area contributed by atoms with Gasteiger partial charge in [0.1, 0.15) is 0 Å². The van der Waals surface area contributed by atoms with Crippen LogP contribution in [0.2, 0.25) is 0 Å². The molecule has 0 amide bonds. The molecule has 0 aromatic carbocycles. The van der Waals surface area contributed by atoms with Gasteiger partial charge in [0, 0.05) is 0 Å². The lowest BCUT2D eigenvalue weighted by Gasteiger charge is -2.33. The van der Waals surface area contributed by atoms with E-state index < -0.39 is 0 Å². The normalized spacial score (nSPS) is 28.0. The van der Waals surface area contributed by atoms with Gasteiger partial charge in [-0.15, -0.1) is 0 Å². The van der Waals surface area contributed by atoms with Gasteiger partial charge < -0.3 is 0 Å². The van der Waals surface area contributed by atoms with Crippen LogP contribution in [0.4, 0.5) is 0 Å². The van der Waals surface area contributed by atoms with E-state index in [0.29, 0.717) is 0 Å². The van der Waals surface area contributed by atoms with Gasteiger partial charge in [0.05, 0.1) is 0 Å². The molecule has 0 heteroatoms. The highest BCUT2D eigenvalue weighted by Crippen LogP contribution is 2.37. The maximum atomic E-state index is 2.46. The quantitative estimate of drug-likeness (QED) is 0.466. The first-order chi connectivity index (χ1) is 8.67. The topological polar surface area (TPSA) is 0 Å². The average molecular weight is 252 g/mol. The zero-order chi connectivity index (χ0) is 13.4. The monoisotopic (exact) mass is 252 g/mol. The van der Waals surface area contributed by atoms with E-state index in [1.807, 2.05) is 0 Å². The summed E-state index contributed by atoms with van der Waals surface area (Å²) in [5.41, 5.74) is 0. The van der Waals surface area contributed by atoms with Crippen molar-refractivity contribution in [2.45, 2.75) is 91.9 Å². The van der Waals surface area contributed by atoms with Crippen LogP contribution in [0.25, 0.3) is 0 Å². The molecule has 1 fully saturated rings. The fourth-order valence-corrected chi connectivity index (χ4v) is 3.73. The predicted octanol–water partition coefficient (Wildman–Crippen LogP) is 6.45. The van der Waals surface area contributed by atoms with Crippen LogP contribution < -0.4 is 0 Å². The lowest BCUT2D eigenvalue weighted by atomic mass is 9.73. The molecule has 1 aliphatic carbocycles. The third-order valence-electron chi connectivity index (χ3n) is 5.33. The zero-order valence-corrected chi connectivity index (χ0v) is 13.4. The molecule has 0 heterocycles. The Hall–Kier alpha value is 0. The van der Waals surface area contributed by atoms with Crippen LogP contribution in [0.5, 0.6) is 0 Å². The summed E-state index contributed by atoms with van der Waals surface area (Å²) in [4.78, 5) is 0. The van der Waals surface area contributed by atoms with Gasteiger partial charge in [-0.05, 0) is 42.9 Å². The van der Waals surface area contributed by atoms with E-state index in [0.717, 1.165) is 23.7 Å². The van der Waals surface area contributed by atoms with Crippen LogP contribution in [0.3, 0.4) is 0 Å². The fraction of sp³-hybridized carbons (Fsp3) is 1.00. The minimum Gasteiger partial charge on any atom is -0.0654 e. The molecule has 1 saturated carbocycles. The molecule has 18 heavy (non-hydrogen) atoms. The predicted molar refractivity (Wildman–Crippen MR) is 82.8 cm³/mol. The van der Waals surface area contributed by atoms with E-state index in [-0.39, 0.29) is 0 Å². The molecule has 0 saturated heterocycles. The summed E-state index contributed by atoms with van der Waals surface area (Å²) < 4.78 is 0. The van der Waals surface area contributed by atoms with Crippen molar-refractivity contribution in [1.82, 2.24) is 0 Å². The van der Waals surface area contributed by atoms with E-state index in [1.165, 1.54) is 64.2 Å². The van der Waals surface area contributed by atoms with Crippen LogP contribution in [-0.2, 0) is 0 Å². The third-order valence-corrected chi connectivity index (χ3v) is 5.33. The summed E-state index contributed by atoms with van der Waals surface area (Å²) in [6.07, 6.45) is 14.7. The first-order valence-corrected chi connectivity index (χ1v) is 8.67. The van der Waals surface area contributed by atoms with Crippen molar-refractivity contribution >= 4 is 0 Å². The van der Waals surface area contributed by atoms with Gasteiger partial charge in [-0.2, -0.15) is 0 Å². The van der Waals surface area contributed by atoms with Gasteiger partial charge in [0.25, 0.3) is 0 Å². The van der Waals surface area contributed by atoms with E-state index in [2.05, 4.69) is 27.7 Å². The maximum absolute atomic E-state index is 2.46. The molecular weight excluding hydrogens is 216 g/mol. The lowest BCUT2D eigenvalue weighted by Crippen LogP contribution is -2.21. The Morgan fingerprint density at radius 2 is 1.61 bits per heavy atom. The van der Waals surface area contributed by atoms with Crippen LogP contribution in [0.1, 0.15) is 91.9 Å². The summed E-state index contributed by atoms with van der Waals surface area (Å²) in [7, 11) is 0. The van der Waals surface area contributed by atoms with E-state index in [9.17, 15) is 0 Å². The number of rotatable bonds is 8. The highest BCUT2D eigenvalue weighted by Gasteiger charge is 2.24. The first-order valence-electron chi connectivity index (χ1n) is 8.67. The highest BCUT2D eigenvalue weighted by molar-refractivity contribution is 4.76. The van der Waals surface area contributed by atoms with Gasteiger partial charge in [-0.1, -0.05) is 72.6 Å². The number of unbranched alkanes of at least 4 members (excludes halogenated alkanes) is 1. The van der Waals surface area contributed by atoms with Crippen molar-refractivity contribution in [2.75, 3.05) is 0 Å². The molecule has 1 rings (SSSR count). The SMILES string of the molecule is CCCCC(C)CCC(CC)C1CCC(C)CC1. The standard InChI is InChI=1S/C18H36/c1-5-7-8-15(3)9-12-17(6-2)18-13-10-16(4)11-14-18/h15-18H,5-14H2,1-4H3. The summed E-state index contributed by atoms with van der Waals surface area (Å²) in [5.74, 6) is 4.05. The minimum absolute atomic E-state index is 0.960. The highest BCUT2D eigenvalue weighted by atomic mass is 14.3. The number of hydrogen-bond acceptors (Lipinski definition) is 0. The molecule has 0 aliphatic heterocycles. The van der Waals surface area contributed by atoms with E-state index in [1.54, 1.807) is 0 Å². The number of hydrogen-bond donors (Lipinski definition) is 0. The zero-order valence-electron chi connectivity index (χ0n) is 13.4. The van der Waals surface area contributed by atoms with Gasteiger partial charge in [0.15, 0.2) is 0 Å². The molecule has 0 N–H and O–H groups in total. The van der Waals surface area contributed by atoms with Crippen LogP contribution in [0.15, 0.2) is 0 Å². The van der Waals surface area contributed by atoms with Gasteiger partial charge in [-0.3, -0.25) is 0 Å². The summed E-state index contributed by atoms with van der Waals surface area (Å²) >= 11 is 0. The molecule has 2 unspecified atom stereocenters. The molecule has 0 bridgehead atoms. The second-order valence-electron chi connectivity index (χ2n) is 7.01. The van der Waals surface area contributed by atoms with Crippen molar-refractivity contribution < 1.29 is 0 Å². The Bertz CT molecular complexity index is 188. The minimum atomic E-state index is 0.960. The Labute approximate surface area is 116 Å². The average Bonchev–Trinajstić information content (AvgIpc) is 2.39. The summed E-state index contributed by atoms with van der Waals surface area (Å²) in [6.45, 7) is 9.62. The van der Waals surface area contributed by atoms with Crippen molar-refractivity contribution in [3.63, 3.8) is 0 Å². The molecule has 108 valence electrons. The largest absolute Gasteiger partial charge is 0.0654 e. The molecule has 0 nitrogen and oxygen atoms in total. The van der Waals surface area contributed by atoms with Crippen molar-refractivity contribution in [1.29, 1.82) is 0 Å². The molecule has 1 aliphatic rings. The Morgan fingerprint density at radius 3 is 2.17 bits per heavy atom. The molecule has 0 radical (unpaired) electrons. The molecular formula is C18H36. The Balaban J connectivity index is 2.24. The Morgan fingerprint density at radius 1 is 0.944 bits per heavy atom. The molecule has 0 aromatic heterocycles. The molecule has 0 aromatic rings. The summed E-state index contributed by atoms with van der Waals surface area (Å²) in [5, 5.41) is 0. The van der Waals surface area contributed by atoms with Crippen molar-refractivity contribution in [3.05, 3.63) is 0 Å².